The molecule has 0 spiro atoms. The third-order valence-electron chi connectivity index (χ3n) is 4.25. The van der Waals surface area contributed by atoms with Crippen molar-refractivity contribution in [2.24, 2.45) is 0 Å². The zero-order chi connectivity index (χ0) is 23.8. The molecule has 3 aromatic rings. The molecule has 2 aromatic carbocycles. The van der Waals surface area contributed by atoms with Gasteiger partial charge < -0.3 is 14.5 Å². The van der Waals surface area contributed by atoms with Gasteiger partial charge in [0.15, 0.2) is 0 Å². The molecule has 32 heavy (non-hydrogen) atoms. The molecule has 0 aliphatic rings. The standard InChI is InChI=1S/C11H16O.C10H9NO2.C5H8N2/c1-4-7-12-11-6-5-9(2)8-10(11)3;1-8(12)13-7-10-4-2-9(6-11)3-5-10;1-2-5-3-6-4-7-5/h5-6,8H,4,7H2,1-3H3;2-5H,7H2,1H3;3-4H,2H2,1H3,(H,6,7). The summed E-state index contributed by atoms with van der Waals surface area (Å²) in [5.41, 5.74) is 5.19. The molecule has 0 saturated carbocycles. The number of imidazole rings is 1. The van der Waals surface area contributed by atoms with Crippen LogP contribution in [0, 0.1) is 25.2 Å². The first-order valence-electron chi connectivity index (χ1n) is 10.7. The second kappa shape index (κ2) is 15.2. The molecule has 6 heteroatoms. The van der Waals surface area contributed by atoms with E-state index in [-0.39, 0.29) is 12.6 Å². The molecule has 6 nitrogen and oxygen atoms in total. The molecule has 1 aromatic heterocycles. The predicted molar refractivity (Wildman–Crippen MR) is 126 cm³/mol. The number of hydrogen-bond donors (Lipinski definition) is 1. The van der Waals surface area contributed by atoms with Gasteiger partial charge in [-0.2, -0.15) is 5.26 Å². The van der Waals surface area contributed by atoms with Crippen LogP contribution in [0.25, 0.3) is 0 Å². The lowest BCUT2D eigenvalue weighted by molar-refractivity contribution is -0.142. The van der Waals surface area contributed by atoms with Crippen LogP contribution in [-0.4, -0.2) is 22.5 Å². The van der Waals surface area contributed by atoms with Crippen LogP contribution in [-0.2, 0) is 22.6 Å². The topological polar surface area (TPSA) is 88.0 Å². The van der Waals surface area contributed by atoms with Crippen molar-refractivity contribution < 1.29 is 14.3 Å². The number of nitriles is 1. The summed E-state index contributed by atoms with van der Waals surface area (Å²) in [6.45, 7) is 10.8. The van der Waals surface area contributed by atoms with Gasteiger partial charge in [-0.05, 0) is 56.0 Å². The third-order valence-corrected chi connectivity index (χ3v) is 4.25. The molecule has 0 atom stereocenters. The Labute approximate surface area is 191 Å². The summed E-state index contributed by atoms with van der Waals surface area (Å²) in [7, 11) is 0. The van der Waals surface area contributed by atoms with Crippen LogP contribution >= 0.6 is 0 Å². The number of nitrogens with one attached hydrogen (secondary N) is 1. The van der Waals surface area contributed by atoms with E-state index in [0.29, 0.717) is 5.56 Å². The smallest absolute Gasteiger partial charge is 0.302 e. The van der Waals surface area contributed by atoms with Crippen LogP contribution in [0.3, 0.4) is 0 Å². The van der Waals surface area contributed by atoms with Crippen molar-refractivity contribution >= 4 is 5.97 Å². The Kier molecular flexibility index (Phi) is 12.6. The number of aromatic amines is 1. The second-order valence-electron chi connectivity index (χ2n) is 7.14. The number of ether oxygens (including phenoxy) is 2. The minimum Gasteiger partial charge on any atom is -0.493 e. The number of carbonyl (C=O) groups is 1. The summed E-state index contributed by atoms with van der Waals surface area (Å²) in [6.07, 6.45) is 5.63. The highest BCUT2D eigenvalue weighted by Gasteiger charge is 1.98. The van der Waals surface area contributed by atoms with Gasteiger partial charge in [0.25, 0.3) is 0 Å². The van der Waals surface area contributed by atoms with Crippen molar-refractivity contribution in [2.45, 2.75) is 54.1 Å². The first kappa shape index (κ1) is 26.4. The van der Waals surface area contributed by atoms with Gasteiger partial charge >= 0.3 is 5.97 Å². The third kappa shape index (κ3) is 11.0. The van der Waals surface area contributed by atoms with Crippen LogP contribution in [0.1, 0.15) is 55.1 Å². The second-order valence-corrected chi connectivity index (χ2v) is 7.14. The van der Waals surface area contributed by atoms with E-state index in [2.05, 4.69) is 49.8 Å². The molecular weight excluding hydrogens is 402 g/mol. The Morgan fingerprint density at radius 2 is 1.84 bits per heavy atom. The maximum Gasteiger partial charge on any atom is 0.302 e. The van der Waals surface area contributed by atoms with Crippen LogP contribution in [0.15, 0.2) is 55.0 Å². The van der Waals surface area contributed by atoms with Crippen molar-refractivity contribution in [3.63, 3.8) is 0 Å². The fraction of sp³-hybridized carbons (Fsp3) is 0.346. The Balaban J connectivity index is 0.000000250. The maximum atomic E-state index is 10.5. The van der Waals surface area contributed by atoms with E-state index < -0.39 is 0 Å². The van der Waals surface area contributed by atoms with Crippen LogP contribution in [0.4, 0.5) is 0 Å². The highest BCUT2D eigenvalue weighted by molar-refractivity contribution is 5.65. The molecule has 0 radical (unpaired) electrons. The van der Waals surface area contributed by atoms with Gasteiger partial charge in [0.05, 0.1) is 24.6 Å². The van der Waals surface area contributed by atoms with Gasteiger partial charge in [0, 0.05) is 18.8 Å². The van der Waals surface area contributed by atoms with E-state index in [4.69, 9.17) is 14.7 Å². The number of nitrogens with zero attached hydrogens (tertiary/aromatic N) is 2. The molecular formula is C26H33N3O3. The van der Waals surface area contributed by atoms with Crippen molar-refractivity contribution in [2.75, 3.05) is 6.61 Å². The number of esters is 1. The van der Waals surface area contributed by atoms with E-state index in [0.717, 1.165) is 30.8 Å². The van der Waals surface area contributed by atoms with Gasteiger partial charge in [-0.3, -0.25) is 4.79 Å². The molecule has 0 fully saturated rings. The summed E-state index contributed by atoms with van der Waals surface area (Å²) in [5, 5.41) is 8.51. The monoisotopic (exact) mass is 435 g/mol. The van der Waals surface area contributed by atoms with Crippen molar-refractivity contribution in [3.05, 3.63) is 82.9 Å². The van der Waals surface area contributed by atoms with Gasteiger partial charge in [-0.1, -0.05) is 43.7 Å². The van der Waals surface area contributed by atoms with Crippen molar-refractivity contribution in [3.8, 4) is 11.8 Å². The zero-order valence-electron chi connectivity index (χ0n) is 19.6. The number of hydrogen-bond acceptors (Lipinski definition) is 5. The molecule has 1 N–H and O–H groups in total. The fourth-order valence-electron chi connectivity index (χ4n) is 2.51. The normalized spacial score (nSPS) is 9.38. The zero-order valence-corrected chi connectivity index (χ0v) is 19.6. The number of rotatable bonds is 6. The summed E-state index contributed by atoms with van der Waals surface area (Å²) in [5.74, 6) is 0.715. The number of aryl methyl sites for hydroxylation is 3. The molecule has 0 aliphatic carbocycles. The van der Waals surface area contributed by atoms with Gasteiger partial charge in [0.1, 0.15) is 12.4 Å². The molecule has 0 unspecified atom stereocenters. The minimum atomic E-state index is -0.302. The lowest BCUT2D eigenvalue weighted by Gasteiger charge is -2.07. The fourth-order valence-corrected chi connectivity index (χ4v) is 2.51. The number of aromatic nitrogens is 2. The molecule has 1 heterocycles. The maximum absolute atomic E-state index is 10.5. The molecule has 0 aliphatic heterocycles. The highest BCUT2D eigenvalue weighted by Crippen LogP contribution is 2.18. The minimum absolute atomic E-state index is 0.265. The van der Waals surface area contributed by atoms with Crippen molar-refractivity contribution in [1.82, 2.24) is 9.97 Å². The largest absolute Gasteiger partial charge is 0.493 e. The molecule has 3 rings (SSSR count). The van der Waals surface area contributed by atoms with Gasteiger partial charge in [-0.15, -0.1) is 0 Å². The lowest BCUT2D eigenvalue weighted by atomic mass is 10.1. The first-order valence-corrected chi connectivity index (χ1v) is 10.7. The van der Waals surface area contributed by atoms with E-state index in [1.165, 1.54) is 23.7 Å². The Bertz CT molecular complexity index is 959. The molecule has 0 saturated heterocycles. The number of benzene rings is 2. The predicted octanol–water partition coefficient (Wildman–Crippen LogP) is 5.69. The lowest BCUT2D eigenvalue weighted by Crippen LogP contribution is -1.98. The summed E-state index contributed by atoms with van der Waals surface area (Å²) in [4.78, 5) is 17.3. The molecule has 0 bridgehead atoms. The van der Waals surface area contributed by atoms with Crippen LogP contribution in [0.5, 0.6) is 5.75 Å². The molecule has 170 valence electrons. The summed E-state index contributed by atoms with van der Waals surface area (Å²) >= 11 is 0. The SMILES string of the molecule is CC(=O)OCc1ccc(C#N)cc1.CCCOc1ccc(C)cc1C.CCc1cnc[nH]1. The Hall–Kier alpha value is -3.59. The Morgan fingerprint density at radius 1 is 1.12 bits per heavy atom. The van der Waals surface area contributed by atoms with E-state index in [1.807, 2.05) is 18.3 Å². The Morgan fingerprint density at radius 3 is 2.31 bits per heavy atom. The van der Waals surface area contributed by atoms with E-state index in [9.17, 15) is 4.79 Å². The summed E-state index contributed by atoms with van der Waals surface area (Å²) < 4.78 is 10.3. The number of H-pyrrole nitrogens is 1. The highest BCUT2D eigenvalue weighted by atomic mass is 16.5. The van der Waals surface area contributed by atoms with E-state index in [1.54, 1.807) is 30.6 Å². The molecule has 0 amide bonds. The summed E-state index contributed by atoms with van der Waals surface area (Å²) in [6, 6.07) is 15.2. The first-order chi connectivity index (χ1) is 15.4. The van der Waals surface area contributed by atoms with Gasteiger partial charge in [0.2, 0.25) is 0 Å². The van der Waals surface area contributed by atoms with Crippen LogP contribution in [0.2, 0.25) is 0 Å². The van der Waals surface area contributed by atoms with Crippen LogP contribution < -0.4 is 4.74 Å². The number of carbonyl (C=O) groups excluding carboxylic acids is 1. The average molecular weight is 436 g/mol. The average Bonchev–Trinajstić information content (AvgIpc) is 3.32. The van der Waals surface area contributed by atoms with E-state index >= 15 is 0 Å². The van der Waals surface area contributed by atoms with Gasteiger partial charge in [-0.25, -0.2) is 4.98 Å². The van der Waals surface area contributed by atoms with Crippen molar-refractivity contribution in [1.29, 1.82) is 5.26 Å². The quantitative estimate of drug-likeness (QED) is 0.503.